The van der Waals surface area contributed by atoms with Crippen molar-refractivity contribution in [3.8, 4) is 0 Å². The van der Waals surface area contributed by atoms with Crippen molar-refractivity contribution >= 4 is 14.0 Å². The highest BCUT2D eigenvalue weighted by molar-refractivity contribution is 6.75. The molecule has 0 spiro atoms. The fraction of sp³-hybridized carbons (Fsp3) is 0.571. The van der Waals surface area contributed by atoms with Gasteiger partial charge >= 0.3 is 8.80 Å². The van der Waals surface area contributed by atoms with Crippen LogP contribution in [0, 0.1) is 0 Å². The van der Waals surface area contributed by atoms with E-state index in [0.29, 0.717) is 19.8 Å². The molecule has 1 aromatic rings. The standard InChI is InChI=1S/C14H25NO3Si/c1-5-16-19(17-6-2,18-12-14(3,4)15)13-10-8-7-9-11-13/h7-11H,5-6,12,15H2,1-4H3. The highest BCUT2D eigenvalue weighted by Gasteiger charge is 2.44. The first-order valence-electron chi connectivity index (χ1n) is 6.70. The van der Waals surface area contributed by atoms with Gasteiger partial charge in [0.2, 0.25) is 0 Å². The van der Waals surface area contributed by atoms with E-state index >= 15 is 0 Å². The lowest BCUT2D eigenvalue weighted by Crippen LogP contribution is -2.59. The van der Waals surface area contributed by atoms with Gasteiger partial charge in [-0.05, 0) is 27.7 Å². The second kappa shape index (κ2) is 7.16. The normalized spacial score (nSPS) is 12.7. The van der Waals surface area contributed by atoms with E-state index < -0.39 is 14.3 Å². The zero-order valence-corrected chi connectivity index (χ0v) is 13.3. The van der Waals surface area contributed by atoms with Gasteiger partial charge in [0.1, 0.15) is 0 Å². The molecule has 19 heavy (non-hydrogen) atoms. The minimum absolute atomic E-state index is 0.397. The van der Waals surface area contributed by atoms with Crippen molar-refractivity contribution in [1.29, 1.82) is 0 Å². The summed E-state index contributed by atoms with van der Waals surface area (Å²) >= 11 is 0. The number of nitrogens with two attached hydrogens (primary N) is 1. The molecule has 0 radical (unpaired) electrons. The fourth-order valence-electron chi connectivity index (χ4n) is 1.68. The Morgan fingerprint density at radius 3 is 1.95 bits per heavy atom. The predicted molar refractivity (Wildman–Crippen MR) is 79.3 cm³/mol. The Labute approximate surface area is 117 Å². The first kappa shape index (κ1) is 16.3. The molecule has 0 aliphatic heterocycles. The molecule has 0 aliphatic carbocycles. The second-order valence-electron chi connectivity index (χ2n) is 5.07. The van der Waals surface area contributed by atoms with Crippen LogP contribution in [0.25, 0.3) is 0 Å². The van der Waals surface area contributed by atoms with Crippen molar-refractivity contribution in [3.63, 3.8) is 0 Å². The molecule has 1 rings (SSSR count). The van der Waals surface area contributed by atoms with Gasteiger partial charge in [-0.2, -0.15) is 0 Å². The number of rotatable bonds is 8. The van der Waals surface area contributed by atoms with Gasteiger partial charge < -0.3 is 19.0 Å². The molecule has 0 saturated carbocycles. The van der Waals surface area contributed by atoms with Crippen molar-refractivity contribution in [1.82, 2.24) is 0 Å². The van der Waals surface area contributed by atoms with Crippen molar-refractivity contribution in [2.24, 2.45) is 5.73 Å². The molecule has 0 aromatic heterocycles. The van der Waals surface area contributed by atoms with Crippen LogP contribution in [0.3, 0.4) is 0 Å². The summed E-state index contributed by atoms with van der Waals surface area (Å²) in [6.07, 6.45) is 0. The Balaban J connectivity index is 3.00. The molecule has 0 heterocycles. The van der Waals surface area contributed by atoms with Crippen LogP contribution in [0.1, 0.15) is 27.7 Å². The first-order valence-corrected chi connectivity index (χ1v) is 8.42. The highest BCUT2D eigenvalue weighted by Crippen LogP contribution is 2.13. The molecule has 4 nitrogen and oxygen atoms in total. The molecule has 108 valence electrons. The summed E-state index contributed by atoms with van der Waals surface area (Å²) in [5.41, 5.74) is 5.58. The minimum Gasteiger partial charge on any atom is -0.370 e. The summed E-state index contributed by atoms with van der Waals surface area (Å²) in [7, 11) is -2.86. The Hall–Kier alpha value is -0.723. The average molecular weight is 283 g/mol. The van der Waals surface area contributed by atoms with E-state index in [2.05, 4.69) is 0 Å². The lowest BCUT2D eigenvalue weighted by molar-refractivity contribution is 0.0670. The van der Waals surface area contributed by atoms with Gasteiger partial charge in [0.25, 0.3) is 0 Å². The molecule has 0 atom stereocenters. The molecule has 0 fully saturated rings. The maximum atomic E-state index is 6.03. The zero-order chi connectivity index (χ0) is 14.4. The zero-order valence-electron chi connectivity index (χ0n) is 12.3. The molecule has 2 N–H and O–H groups in total. The van der Waals surface area contributed by atoms with Gasteiger partial charge in [0.15, 0.2) is 0 Å². The molecule has 0 aliphatic rings. The van der Waals surface area contributed by atoms with Gasteiger partial charge in [0.05, 0.1) is 6.61 Å². The molecule has 0 bridgehead atoms. The van der Waals surface area contributed by atoms with E-state index in [4.69, 9.17) is 19.0 Å². The highest BCUT2D eigenvalue weighted by atomic mass is 28.4. The van der Waals surface area contributed by atoms with E-state index in [1.807, 2.05) is 58.0 Å². The van der Waals surface area contributed by atoms with E-state index in [9.17, 15) is 0 Å². The molecule has 1 aromatic carbocycles. The Morgan fingerprint density at radius 1 is 1.00 bits per heavy atom. The van der Waals surface area contributed by atoms with Crippen LogP contribution in [0.15, 0.2) is 30.3 Å². The van der Waals surface area contributed by atoms with Crippen LogP contribution in [-0.2, 0) is 13.3 Å². The molecular formula is C14H25NO3Si. The topological polar surface area (TPSA) is 53.7 Å². The van der Waals surface area contributed by atoms with Crippen LogP contribution in [0.4, 0.5) is 0 Å². The summed E-state index contributed by atoms with van der Waals surface area (Å²) < 4.78 is 17.8. The van der Waals surface area contributed by atoms with E-state index in [1.165, 1.54) is 0 Å². The quantitative estimate of drug-likeness (QED) is 0.737. The largest absolute Gasteiger partial charge is 0.537 e. The van der Waals surface area contributed by atoms with Crippen molar-refractivity contribution in [3.05, 3.63) is 30.3 Å². The summed E-state index contributed by atoms with van der Waals surface area (Å²) in [6.45, 7) is 9.23. The molecule has 0 amide bonds. The van der Waals surface area contributed by atoms with Gasteiger partial charge in [-0.15, -0.1) is 0 Å². The lowest BCUT2D eigenvalue weighted by Gasteiger charge is -2.32. The lowest BCUT2D eigenvalue weighted by atomic mass is 10.1. The number of hydrogen-bond donors (Lipinski definition) is 1. The van der Waals surface area contributed by atoms with Crippen molar-refractivity contribution in [2.75, 3.05) is 19.8 Å². The van der Waals surface area contributed by atoms with Crippen LogP contribution in [-0.4, -0.2) is 34.2 Å². The Morgan fingerprint density at radius 2 is 1.53 bits per heavy atom. The van der Waals surface area contributed by atoms with Crippen molar-refractivity contribution in [2.45, 2.75) is 33.2 Å². The van der Waals surface area contributed by atoms with Gasteiger partial charge in [-0.25, -0.2) is 0 Å². The third kappa shape index (κ3) is 5.04. The van der Waals surface area contributed by atoms with Gasteiger partial charge in [-0.3, -0.25) is 0 Å². The van der Waals surface area contributed by atoms with E-state index in [-0.39, 0.29) is 0 Å². The number of hydrogen-bond acceptors (Lipinski definition) is 4. The molecule has 0 saturated heterocycles. The van der Waals surface area contributed by atoms with Crippen LogP contribution < -0.4 is 10.9 Å². The van der Waals surface area contributed by atoms with Crippen LogP contribution >= 0.6 is 0 Å². The Kier molecular flexibility index (Phi) is 6.16. The third-order valence-corrected chi connectivity index (χ3v) is 5.33. The molecule has 0 unspecified atom stereocenters. The van der Waals surface area contributed by atoms with Crippen LogP contribution in [0.5, 0.6) is 0 Å². The summed E-state index contributed by atoms with van der Waals surface area (Å²) in [6, 6.07) is 9.87. The maximum absolute atomic E-state index is 6.03. The van der Waals surface area contributed by atoms with Crippen LogP contribution in [0.2, 0.25) is 0 Å². The number of benzene rings is 1. The van der Waals surface area contributed by atoms with E-state index in [0.717, 1.165) is 5.19 Å². The summed E-state index contributed by atoms with van der Waals surface area (Å²) in [5.74, 6) is 0. The maximum Gasteiger partial charge on any atom is 0.537 e. The van der Waals surface area contributed by atoms with Gasteiger partial charge in [-0.1, -0.05) is 30.3 Å². The SMILES string of the molecule is CCO[Si](OCC)(OCC(C)(C)N)c1ccccc1. The second-order valence-corrected chi connectivity index (χ2v) is 7.62. The average Bonchev–Trinajstić information content (AvgIpc) is 2.37. The summed E-state index contributed by atoms with van der Waals surface area (Å²) in [5, 5.41) is 0.975. The Bertz CT molecular complexity index is 359. The summed E-state index contributed by atoms with van der Waals surface area (Å²) in [4.78, 5) is 0. The van der Waals surface area contributed by atoms with Crippen molar-refractivity contribution < 1.29 is 13.3 Å². The van der Waals surface area contributed by atoms with E-state index in [1.54, 1.807) is 0 Å². The predicted octanol–water partition coefficient (Wildman–Crippen LogP) is 1.66. The smallest absolute Gasteiger partial charge is 0.370 e. The minimum atomic E-state index is -2.86. The van der Waals surface area contributed by atoms with Gasteiger partial charge in [0, 0.05) is 23.9 Å². The monoisotopic (exact) mass is 283 g/mol. The third-order valence-electron chi connectivity index (χ3n) is 2.43. The first-order chi connectivity index (χ1) is 8.93. The molecule has 5 heteroatoms. The molecular weight excluding hydrogens is 258 g/mol. The fourth-order valence-corrected chi connectivity index (χ4v) is 4.35.